The lowest BCUT2D eigenvalue weighted by Crippen LogP contribution is -2.00. The monoisotopic (exact) mass is 330 g/mol. The number of rotatable bonds is 4. The lowest BCUT2D eigenvalue weighted by atomic mass is 10.3. The van der Waals surface area contributed by atoms with Crippen LogP contribution < -0.4 is 10.6 Å². The van der Waals surface area contributed by atoms with Gasteiger partial charge in [-0.05, 0) is 30.3 Å². The first kappa shape index (κ1) is 14.6. The van der Waals surface area contributed by atoms with Gasteiger partial charge in [-0.3, -0.25) is 0 Å². The van der Waals surface area contributed by atoms with Crippen LogP contribution in [0.3, 0.4) is 0 Å². The first-order valence-corrected chi connectivity index (χ1v) is 7.34. The Kier molecular flexibility index (Phi) is 4.42. The third-order valence-corrected chi connectivity index (χ3v) is 3.53. The number of hydrogen-bond acceptors (Lipinski definition) is 4. The van der Waals surface area contributed by atoms with Gasteiger partial charge in [0.1, 0.15) is 5.82 Å². The van der Waals surface area contributed by atoms with E-state index >= 15 is 0 Å². The van der Waals surface area contributed by atoms with E-state index in [9.17, 15) is 0 Å². The molecule has 0 radical (unpaired) electrons. The topological polar surface area (TPSA) is 49.8 Å². The van der Waals surface area contributed by atoms with Gasteiger partial charge in [-0.25, -0.2) is 4.98 Å². The molecule has 0 aliphatic carbocycles. The molecule has 0 aliphatic heterocycles. The molecule has 6 heteroatoms. The van der Waals surface area contributed by atoms with E-state index < -0.39 is 0 Å². The van der Waals surface area contributed by atoms with Crippen molar-refractivity contribution >= 4 is 46.3 Å². The van der Waals surface area contributed by atoms with Gasteiger partial charge in [-0.15, -0.1) is 0 Å². The SMILES string of the molecule is Clc1cccc(Cl)c1Nc1ccnc(Nc2ccccc2)n1. The highest BCUT2D eigenvalue weighted by Crippen LogP contribution is 2.32. The molecule has 0 aliphatic rings. The molecule has 0 spiro atoms. The summed E-state index contributed by atoms with van der Waals surface area (Å²) in [6.45, 7) is 0. The Labute approximate surface area is 138 Å². The van der Waals surface area contributed by atoms with Crippen molar-refractivity contribution in [2.24, 2.45) is 0 Å². The summed E-state index contributed by atoms with van der Waals surface area (Å²) in [5.41, 5.74) is 1.53. The second-order valence-corrected chi connectivity index (χ2v) is 5.29. The molecule has 0 saturated carbocycles. The Morgan fingerprint density at radius 2 is 1.50 bits per heavy atom. The Morgan fingerprint density at radius 3 is 2.23 bits per heavy atom. The average Bonchev–Trinajstić information content (AvgIpc) is 2.53. The number of nitrogens with one attached hydrogen (secondary N) is 2. The highest BCUT2D eigenvalue weighted by Gasteiger charge is 2.07. The van der Waals surface area contributed by atoms with Crippen molar-refractivity contribution in [3.63, 3.8) is 0 Å². The second-order valence-electron chi connectivity index (χ2n) is 4.48. The smallest absolute Gasteiger partial charge is 0.229 e. The predicted molar refractivity (Wildman–Crippen MR) is 91.5 cm³/mol. The third kappa shape index (κ3) is 3.47. The zero-order chi connectivity index (χ0) is 15.4. The van der Waals surface area contributed by atoms with Crippen LogP contribution in [0.25, 0.3) is 0 Å². The highest BCUT2D eigenvalue weighted by molar-refractivity contribution is 6.39. The molecular formula is C16H12Cl2N4. The van der Waals surface area contributed by atoms with Crippen LogP contribution in [0.1, 0.15) is 0 Å². The van der Waals surface area contributed by atoms with Crippen LogP contribution in [-0.2, 0) is 0 Å². The summed E-state index contributed by atoms with van der Waals surface area (Å²) in [5, 5.41) is 7.31. The maximum absolute atomic E-state index is 6.14. The van der Waals surface area contributed by atoms with Crippen LogP contribution >= 0.6 is 23.2 Å². The molecule has 0 amide bonds. The summed E-state index contributed by atoms with van der Waals surface area (Å²) in [4.78, 5) is 8.59. The summed E-state index contributed by atoms with van der Waals surface area (Å²) in [6.07, 6.45) is 1.66. The van der Waals surface area contributed by atoms with E-state index in [4.69, 9.17) is 23.2 Å². The fourth-order valence-corrected chi connectivity index (χ4v) is 2.38. The van der Waals surface area contributed by atoms with E-state index in [1.165, 1.54) is 0 Å². The first-order chi connectivity index (χ1) is 10.7. The number of hydrogen-bond donors (Lipinski definition) is 2. The minimum atomic E-state index is 0.486. The van der Waals surface area contributed by atoms with Crippen LogP contribution in [0.5, 0.6) is 0 Å². The Bertz CT molecular complexity index is 758. The molecule has 2 N–H and O–H groups in total. The molecule has 1 aromatic heterocycles. The van der Waals surface area contributed by atoms with E-state index in [-0.39, 0.29) is 0 Å². The summed E-state index contributed by atoms with van der Waals surface area (Å²) in [5.74, 6) is 1.09. The van der Waals surface area contributed by atoms with Gasteiger partial charge in [0.25, 0.3) is 0 Å². The number of nitrogens with zero attached hydrogens (tertiary/aromatic N) is 2. The summed E-state index contributed by atoms with van der Waals surface area (Å²) in [7, 11) is 0. The summed E-state index contributed by atoms with van der Waals surface area (Å²) < 4.78 is 0. The Hall–Kier alpha value is -2.30. The molecule has 110 valence electrons. The van der Waals surface area contributed by atoms with Crippen LogP contribution in [0.2, 0.25) is 10.0 Å². The van der Waals surface area contributed by atoms with Gasteiger partial charge in [-0.2, -0.15) is 4.98 Å². The van der Waals surface area contributed by atoms with Crippen molar-refractivity contribution in [2.75, 3.05) is 10.6 Å². The molecule has 1 heterocycles. The van der Waals surface area contributed by atoms with Crippen LogP contribution in [0.4, 0.5) is 23.1 Å². The van der Waals surface area contributed by atoms with Gasteiger partial charge in [0.15, 0.2) is 0 Å². The molecule has 0 atom stereocenters. The van der Waals surface area contributed by atoms with Gasteiger partial charge in [0.05, 0.1) is 15.7 Å². The first-order valence-electron chi connectivity index (χ1n) is 6.58. The zero-order valence-electron chi connectivity index (χ0n) is 11.4. The third-order valence-electron chi connectivity index (χ3n) is 2.90. The van der Waals surface area contributed by atoms with Crippen molar-refractivity contribution in [1.82, 2.24) is 9.97 Å². The van der Waals surface area contributed by atoms with Gasteiger partial charge in [0.2, 0.25) is 5.95 Å². The number of anilines is 4. The standard InChI is InChI=1S/C16H12Cl2N4/c17-12-7-4-8-13(18)15(12)21-14-9-10-19-16(22-14)20-11-5-2-1-3-6-11/h1-10H,(H2,19,20,21,22). The molecule has 0 bridgehead atoms. The minimum absolute atomic E-state index is 0.486. The molecule has 3 rings (SSSR count). The fourth-order valence-electron chi connectivity index (χ4n) is 1.88. The number of aromatic nitrogens is 2. The van der Waals surface area contributed by atoms with E-state index in [0.29, 0.717) is 27.5 Å². The van der Waals surface area contributed by atoms with Gasteiger partial charge < -0.3 is 10.6 Å². The number of benzene rings is 2. The normalized spacial score (nSPS) is 10.3. The van der Waals surface area contributed by atoms with E-state index in [0.717, 1.165) is 5.69 Å². The zero-order valence-corrected chi connectivity index (χ0v) is 12.9. The van der Waals surface area contributed by atoms with E-state index in [1.807, 2.05) is 30.3 Å². The van der Waals surface area contributed by atoms with Gasteiger partial charge in [0, 0.05) is 11.9 Å². The molecule has 3 aromatic rings. The lowest BCUT2D eigenvalue weighted by Gasteiger charge is -2.10. The van der Waals surface area contributed by atoms with Crippen molar-refractivity contribution in [3.05, 3.63) is 70.8 Å². The molecule has 0 unspecified atom stereocenters. The van der Waals surface area contributed by atoms with E-state index in [1.54, 1.807) is 30.5 Å². The average molecular weight is 331 g/mol. The van der Waals surface area contributed by atoms with Crippen molar-refractivity contribution < 1.29 is 0 Å². The van der Waals surface area contributed by atoms with Gasteiger partial charge in [-0.1, -0.05) is 47.5 Å². The van der Waals surface area contributed by atoms with Crippen LogP contribution in [0, 0.1) is 0 Å². The van der Waals surface area contributed by atoms with Gasteiger partial charge >= 0.3 is 0 Å². The summed E-state index contributed by atoms with van der Waals surface area (Å²) >= 11 is 12.3. The van der Waals surface area contributed by atoms with Crippen molar-refractivity contribution in [2.45, 2.75) is 0 Å². The maximum atomic E-state index is 6.14. The highest BCUT2D eigenvalue weighted by atomic mass is 35.5. The Morgan fingerprint density at radius 1 is 0.773 bits per heavy atom. The molecule has 4 nitrogen and oxygen atoms in total. The molecule has 0 saturated heterocycles. The minimum Gasteiger partial charge on any atom is -0.338 e. The van der Waals surface area contributed by atoms with Crippen molar-refractivity contribution in [1.29, 1.82) is 0 Å². The number of halogens is 2. The summed E-state index contributed by atoms with van der Waals surface area (Å²) in [6, 6.07) is 16.8. The Balaban J connectivity index is 1.82. The molecule has 0 fully saturated rings. The lowest BCUT2D eigenvalue weighted by molar-refractivity contribution is 1.17. The molecule has 22 heavy (non-hydrogen) atoms. The van der Waals surface area contributed by atoms with Crippen LogP contribution in [0.15, 0.2) is 60.8 Å². The molecular weight excluding hydrogens is 319 g/mol. The largest absolute Gasteiger partial charge is 0.338 e. The quantitative estimate of drug-likeness (QED) is 0.684. The van der Waals surface area contributed by atoms with Crippen LogP contribution in [-0.4, -0.2) is 9.97 Å². The molecule has 2 aromatic carbocycles. The number of para-hydroxylation sites is 2. The second kappa shape index (κ2) is 6.64. The maximum Gasteiger partial charge on any atom is 0.229 e. The fraction of sp³-hybridized carbons (Fsp3) is 0. The van der Waals surface area contributed by atoms with Crippen molar-refractivity contribution in [3.8, 4) is 0 Å². The predicted octanol–water partition coefficient (Wildman–Crippen LogP) is 5.27. The van der Waals surface area contributed by atoms with E-state index in [2.05, 4.69) is 20.6 Å².